The molecule has 1 heterocycles. The summed E-state index contributed by atoms with van der Waals surface area (Å²) in [6.07, 6.45) is 2.77. The van der Waals surface area contributed by atoms with E-state index in [9.17, 15) is 0 Å². The second-order valence-electron chi connectivity index (χ2n) is 5.59. The summed E-state index contributed by atoms with van der Waals surface area (Å²) in [4.78, 5) is 4.73. The first-order valence-corrected chi connectivity index (χ1v) is 6.80. The van der Waals surface area contributed by atoms with E-state index < -0.39 is 0 Å². The summed E-state index contributed by atoms with van der Waals surface area (Å²) >= 11 is 0. The molecule has 1 N–H and O–H groups in total. The number of hydrogen-bond donors (Lipinski definition) is 1. The van der Waals surface area contributed by atoms with Crippen molar-refractivity contribution >= 4 is 11.0 Å². The van der Waals surface area contributed by atoms with Gasteiger partial charge in [-0.1, -0.05) is 6.07 Å². The second-order valence-corrected chi connectivity index (χ2v) is 5.59. The van der Waals surface area contributed by atoms with Crippen LogP contribution in [0.4, 0.5) is 0 Å². The van der Waals surface area contributed by atoms with Gasteiger partial charge in [0.2, 0.25) is 0 Å². The van der Waals surface area contributed by atoms with Crippen LogP contribution in [0.3, 0.4) is 0 Å². The van der Waals surface area contributed by atoms with Gasteiger partial charge in [0, 0.05) is 13.1 Å². The Morgan fingerprint density at radius 1 is 1.44 bits per heavy atom. The fourth-order valence-electron chi connectivity index (χ4n) is 2.53. The van der Waals surface area contributed by atoms with Gasteiger partial charge in [-0.15, -0.1) is 0 Å². The highest BCUT2D eigenvalue weighted by Crippen LogP contribution is 2.32. The van der Waals surface area contributed by atoms with Crippen molar-refractivity contribution in [2.45, 2.75) is 39.3 Å². The van der Waals surface area contributed by atoms with Gasteiger partial charge < -0.3 is 9.88 Å². The normalized spacial score (nSPS) is 17.3. The van der Waals surface area contributed by atoms with Gasteiger partial charge >= 0.3 is 0 Å². The van der Waals surface area contributed by atoms with Gasteiger partial charge in [0.25, 0.3) is 0 Å². The molecule has 1 aromatic carbocycles. The van der Waals surface area contributed by atoms with Crippen LogP contribution in [-0.4, -0.2) is 15.6 Å². The Morgan fingerprint density at radius 3 is 2.94 bits per heavy atom. The molecule has 3 nitrogen and oxygen atoms in total. The Morgan fingerprint density at radius 2 is 2.22 bits per heavy atom. The first-order valence-electron chi connectivity index (χ1n) is 6.80. The summed E-state index contributed by atoms with van der Waals surface area (Å²) in [6, 6.07) is 7.08. The molecule has 96 valence electrons. The van der Waals surface area contributed by atoms with E-state index in [2.05, 4.69) is 49.0 Å². The lowest BCUT2D eigenvalue weighted by atomic mass is 10.2. The second kappa shape index (κ2) is 4.39. The van der Waals surface area contributed by atoms with Crippen LogP contribution in [0.5, 0.6) is 0 Å². The summed E-state index contributed by atoms with van der Waals surface area (Å²) in [5.74, 6) is 2.02. The van der Waals surface area contributed by atoms with Crippen molar-refractivity contribution in [2.75, 3.05) is 0 Å². The maximum Gasteiger partial charge on any atom is 0.123 e. The lowest BCUT2D eigenvalue weighted by Crippen LogP contribution is -2.28. The fourth-order valence-corrected chi connectivity index (χ4v) is 2.53. The third kappa shape index (κ3) is 2.15. The number of imidazole rings is 1. The molecule has 0 saturated heterocycles. The molecule has 1 aromatic heterocycles. The number of aromatic nitrogens is 2. The number of rotatable bonds is 4. The van der Waals surface area contributed by atoms with E-state index in [-0.39, 0.29) is 0 Å². The third-order valence-corrected chi connectivity index (χ3v) is 4.04. The van der Waals surface area contributed by atoms with Crippen LogP contribution in [-0.2, 0) is 13.6 Å². The van der Waals surface area contributed by atoms with E-state index in [4.69, 9.17) is 4.98 Å². The van der Waals surface area contributed by atoms with E-state index >= 15 is 0 Å². The molecule has 18 heavy (non-hydrogen) atoms. The van der Waals surface area contributed by atoms with Crippen LogP contribution in [0.1, 0.15) is 31.2 Å². The van der Waals surface area contributed by atoms with Gasteiger partial charge in [-0.25, -0.2) is 4.98 Å². The molecule has 1 fully saturated rings. The molecule has 0 unspecified atom stereocenters. The zero-order valence-corrected chi connectivity index (χ0v) is 11.4. The van der Waals surface area contributed by atoms with E-state index in [0.29, 0.717) is 6.04 Å². The number of nitrogens with one attached hydrogen (secondary N) is 1. The van der Waals surface area contributed by atoms with Crippen molar-refractivity contribution in [1.29, 1.82) is 0 Å². The number of nitrogens with zero attached hydrogens (tertiary/aromatic N) is 2. The predicted octanol–water partition coefficient (Wildman–Crippen LogP) is 2.77. The highest BCUT2D eigenvalue weighted by atomic mass is 15.1. The van der Waals surface area contributed by atoms with Crippen molar-refractivity contribution in [2.24, 2.45) is 13.0 Å². The Kier molecular flexibility index (Phi) is 2.86. The molecule has 1 aliphatic carbocycles. The van der Waals surface area contributed by atoms with Gasteiger partial charge in [0.05, 0.1) is 17.6 Å². The zero-order chi connectivity index (χ0) is 12.7. The summed E-state index contributed by atoms with van der Waals surface area (Å²) in [6.45, 7) is 5.26. The van der Waals surface area contributed by atoms with Gasteiger partial charge in [0.1, 0.15) is 5.82 Å². The maximum atomic E-state index is 4.73. The molecule has 1 atom stereocenters. The molecular formula is C15H21N3. The summed E-state index contributed by atoms with van der Waals surface area (Å²) < 4.78 is 2.20. The molecule has 0 bridgehead atoms. The quantitative estimate of drug-likeness (QED) is 0.895. The van der Waals surface area contributed by atoms with Gasteiger partial charge in [0.15, 0.2) is 0 Å². The summed E-state index contributed by atoms with van der Waals surface area (Å²) in [5, 5.41) is 3.59. The minimum Gasteiger partial charge on any atom is -0.330 e. The maximum absolute atomic E-state index is 4.73. The average Bonchev–Trinajstić information content (AvgIpc) is 3.13. The largest absolute Gasteiger partial charge is 0.330 e. The number of hydrogen-bond acceptors (Lipinski definition) is 2. The third-order valence-electron chi connectivity index (χ3n) is 4.04. The topological polar surface area (TPSA) is 29.9 Å². The van der Waals surface area contributed by atoms with Crippen molar-refractivity contribution in [3.8, 4) is 0 Å². The zero-order valence-electron chi connectivity index (χ0n) is 11.4. The number of benzene rings is 1. The average molecular weight is 243 g/mol. The van der Waals surface area contributed by atoms with E-state index in [1.54, 1.807) is 0 Å². The monoisotopic (exact) mass is 243 g/mol. The minimum atomic E-state index is 0.617. The standard InChI is InChI=1S/C15H21N3/c1-10-4-7-14-13(8-10)17-15(18(14)3)9-16-11(2)12-5-6-12/h4,7-8,11-12,16H,5-6,9H2,1-3H3/t11-/m0/s1. The SMILES string of the molecule is Cc1ccc2c(c1)nc(CN[C@@H](C)C1CC1)n2C. The Balaban J connectivity index is 1.80. The van der Waals surface area contributed by atoms with Crippen molar-refractivity contribution in [3.05, 3.63) is 29.6 Å². The highest BCUT2D eigenvalue weighted by molar-refractivity contribution is 5.76. The lowest BCUT2D eigenvalue weighted by Gasteiger charge is -2.12. The molecule has 1 aliphatic rings. The van der Waals surface area contributed by atoms with E-state index in [0.717, 1.165) is 23.8 Å². The van der Waals surface area contributed by atoms with E-state index in [1.165, 1.54) is 23.9 Å². The van der Waals surface area contributed by atoms with Crippen LogP contribution >= 0.6 is 0 Å². The fraction of sp³-hybridized carbons (Fsp3) is 0.533. The van der Waals surface area contributed by atoms with Gasteiger partial charge in [-0.3, -0.25) is 0 Å². The molecule has 1 saturated carbocycles. The van der Waals surface area contributed by atoms with Crippen LogP contribution in [0.2, 0.25) is 0 Å². The minimum absolute atomic E-state index is 0.617. The van der Waals surface area contributed by atoms with Crippen LogP contribution in [0, 0.1) is 12.8 Å². The van der Waals surface area contributed by atoms with Crippen LogP contribution in [0.25, 0.3) is 11.0 Å². The van der Waals surface area contributed by atoms with Crippen molar-refractivity contribution in [3.63, 3.8) is 0 Å². The molecule has 0 radical (unpaired) electrons. The highest BCUT2D eigenvalue weighted by Gasteiger charge is 2.27. The van der Waals surface area contributed by atoms with Crippen molar-refractivity contribution < 1.29 is 0 Å². The first-order chi connectivity index (χ1) is 8.65. The van der Waals surface area contributed by atoms with E-state index in [1.807, 2.05) is 0 Å². The first kappa shape index (κ1) is 11.7. The van der Waals surface area contributed by atoms with Crippen LogP contribution in [0.15, 0.2) is 18.2 Å². The summed E-state index contributed by atoms with van der Waals surface area (Å²) in [7, 11) is 2.10. The smallest absolute Gasteiger partial charge is 0.123 e. The number of aryl methyl sites for hydroxylation is 2. The molecular weight excluding hydrogens is 222 g/mol. The van der Waals surface area contributed by atoms with Crippen molar-refractivity contribution in [1.82, 2.24) is 14.9 Å². The molecule has 0 amide bonds. The Bertz CT molecular complexity index is 566. The van der Waals surface area contributed by atoms with Gasteiger partial charge in [-0.2, -0.15) is 0 Å². The molecule has 0 spiro atoms. The molecule has 3 rings (SSSR count). The lowest BCUT2D eigenvalue weighted by molar-refractivity contribution is 0.483. The molecule has 3 heteroatoms. The number of fused-ring (bicyclic) bond motifs is 1. The summed E-state index contributed by atoms with van der Waals surface area (Å²) in [5.41, 5.74) is 3.59. The Hall–Kier alpha value is -1.35. The molecule has 2 aromatic rings. The van der Waals surface area contributed by atoms with Gasteiger partial charge in [-0.05, 0) is 50.3 Å². The Labute approximate surface area is 108 Å². The molecule has 0 aliphatic heterocycles. The van der Waals surface area contributed by atoms with Crippen LogP contribution < -0.4 is 5.32 Å². The predicted molar refractivity (Wildman–Crippen MR) is 74.5 cm³/mol.